The summed E-state index contributed by atoms with van der Waals surface area (Å²) in [5, 5.41) is 11.2. The van der Waals surface area contributed by atoms with Crippen LogP contribution in [0.15, 0.2) is 78.9 Å². The van der Waals surface area contributed by atoms with Gasteiger partial charge in [0, 0.05) is 49.6 Å². The van der Waals surface area contributed by atoms with Gasteiger partial charge in [0.05, 0.1) is 31.8 Å². The predicted molar refractivity (Wildman–Crippen MR) is 161 cm³/mol. The lowest BCUT2D eigenvalue weighted by Crippen LogP contribution is -2.48. The quantitative estimate of drug-likeness (QED) is 0.369. The number of aromatic nitrogens is 1. The molecule has 4 aromatic rings. The van der Waals surface area contributed by atoms with Crippen LogP contribution in [0.2, 0.25) is 0 Å². The molecule has 0 fully saturated rings. The molecule has 0 aliphatic carbocycles. The lowest BCUT2D eigenvalue weighted by Gasteiger charge is -2.35. The third kappa shape index (κ3) is 5.78. The molecule has 7 heteroatoms. The number of fused-ring (bicyclic) bond motifs is 5. The van der Waals surface area contributed by atoms with Gasteiger partial charge in [-0.15, -0.1) is 0 Å². The van der Waals surface area contributed by atoms with E-state index in [1.54, 1.807) is 9.80 Å². The van der Waals surface area contributed by atoms with Gasteiger partial charge in [0.25, 0.3) is 5.91 Å². The molecule has 1 N–H and O–H groups in total. The van der Waals surface area contributed by atoms with Crippen molar-refractivity contribution >= 4 is 22.7 Å². The summed E-state index contributed by atoms with van der Waals surface area (Å²) in [4.78, 5) is 31.1. The molecule has 0 unspecified atom stereocenters. The molecule has 41 heavy (non-hydrogen) atoms. The molecule has 3 aromatic carbocycles. The summed E-state index contributed by atoms with van der Waals surface area (Å²) in [5.74, 6) is -0.225. The number of rotatable bonds is 6. The predicted octanol–water partition coefficient (Wildman–Crippen LogP) is 4.90. The van der Waals surface area contributed by atoms with Crippen LogP contribution in [0.5, 0.6) is 0 Å². The molecule has 1 aliphatic rings. The topological polar surface area (TPSA) is 75.0 Å². The number of aryl methyl sites for hydroxylation is 1. The second-order valence-electron chi connectivity index (χ2n) is 11.2. The lowest BCUT2D eigenvalue weighted by atomic mass is 9.96. The van der Waals surface area contributed by atoms with E-state index in [0.29, 0.717) is 31.8 Å². The molecule has 2 amide bonds. The van der Waals surface area contributed by atoms with Crippen LogP contribution in [0.3, 0.4) is 0 Å². The first-order valence-electron chi connectivity index (χ1n) is 14.3. The van der Waals surface area contributed by atoms with Crippen LogP contribution in [-0.4, -0.2) is 70.2 Å². The molecule has 3 atom stereocenters. The maximum Gasteiger partial charge on any atom is 0.271 e. The van der Waals surface area contributed by atoms with Crippen molar-refractivity contribution in [3.05, 3.63) is 95.7 Å². The normalized spacial score (nSPS) is 18.4. The van der Waals surface area contributed by atoms with Crippen LogP contribution in [0.1, 0.15) is 35.5 Å². The standard InChI is InChI=1S/C34H39N3O4/c1-23-19-37(24(2)21-38)34(40)33-32(28-16-10-11-17-29(28)36(33)4)27-15-9-8-14-26(27)22-41-30(23)20-35(3)31(39)18-25-12-6-5-7-13-25/h5-17,23-24,30,38H,18-22H2,1-4H3/t23-,24+,30-/m0/s1. The number of carbonyl (C=O) groups is 2. The molecule has 0 saturated carbocycles. The van der Waals surface area contributed by atoms with Crippen LogP contribution in [0.25, 0.3) is 22.0 Å². The zero-order valence-electron chi connectivity index (χ0n) is 24.3. The Kier molecular flexibility index (Phi) is 8.57. The molecule has 1 aromatic heterocycles. The van der Waals surface area contributed by atoms with E-state index in [2.05, 4.69) is 13.0 Å². The van der Waals surface area contributed by atoms with Gasteiger partial charge in [-0.25, -0.2) is 0 Å². The fraction of sp³-hybridized carbons (Fsp3) is 0.353. The summed E-state index contributed by atoms with van der Waals surface area (Å²) < 4.78 is 8.58. The van der Waals surface area contributed by atoms with Crippen molar-refractivity contribution in [1.29, 1.82) is 0 Å². The van der Waals surface area contributed by atoms with Crippen molar-refractivity contribution < 1.29 is 19.4 Å². The smallest absolute Gasteiger partial charge is 0.271 e. The van der Waals surface area contributed by atoms with E-state index in [9.17, 15) is 14.7 Å². The third-order valence-electron chi connectivity index (χ3n) is 8.30. The minimum atomic E-state index is -0.398. The van der Waals surface area contributed by atoms with Gasteiger partial charge >= 0.3 is 0 Å². The molecule has 0 bridgehead atoms. The van der Waals surface area contributed by atoms with E-state index >= 15 is 0 Å². The van der Waals surface area contributed by atoms with E-state index in [1.165, 1.54) is 0 Å². The Morgan fingerprint density at radius 3 is 2.49 bits per heavy atom. The van der Waals surface area contributed by atoms with Gasteiger partial charge in [-0.2, -0.15) is 0 Å². The van der Waals surface area contributed by atoms with Crippen LogP contribution in [-0.2, 0) is 29.6 Å². The minimum Gasteiger partial charge on any atom is -0.394 e. The highest BCUT2D eigenvalue weighted by Gasteiger charge is 2.33. The molecule has 7 nitrogen and oxygen atoms in total. The molecular weight excluding hydrogens is 514 g/mol. The Hall–Kier alpha value is -3.94. The van der Waals surface area contributed by atoms with Crippen molar-refractivity contribution in [3.8, 4) is 11.1 Å². The van der Waals surface area contributed by atoms with Crippen molar-refractivity contribution in [1.82, 2.24) is 14.4 Å². The number of benzene rings is 3. The van der Waals surface area contributed by atoms with Crippen molar-refractivity contribution in [2.75, 3.05) is 26.7 Å². The largest absolute Gasteiger partial charge is 0.394 e. The number of nitrogens with zero attached hydrogens (tertiary/aromatic N) is 3. The van der Waals surface area contributed by atoms with Crippen LogP contribution < -0.4 is 0 Å². The van der Waals surface area contributed by atoms with Gasteiger partial charge in [-0.1, -0.05) is 79.7 Å². The summed E-state index contributed by atoms with van der Waals surface area (Å²) >= 11 is 0. The number of hydrogen-bond acceptors (Lipinski definition) is 4. The van der Waals surface area contributed by atoms with Crippen molar-refractivity contribution in [2.24, 2.45) is 13.0 Å². The second kappa shape index (κ2) is 12.3. The molecule has 5 rings (SSSR count). The summed E-state index contributed by atoms with van der Waals surface area (Å²) in [6, 6.07) is 25.4. The van der Waals surface area contributed by atoms with Crippen molar-refractivity contribution in [3.63, 3.8) is 0 Å². The lowest BCUT2D eigenvalue weighted by molar-refractivity contribution is -0.132. The van der Waals surface area contributed by atoms with E-state index in [-0.39, 0.29) is 30.4 Å². The van der Waals surface area contributed by atoms with Gasteiger partial charge in [0.1, 0.15) is 5.69 Å². The van der Waals surface area contributed by atoms with E-state index in [4.69, 9.17) is 4.74 Å². The van der Waals surface area contributed by atoms with Gasteiger partial charge in [0.15, 0.2) is 0 Å². The van der Waals surface area contributed by atoms with Crippen LogP contribution >= 0.6 is 0 Å². The molecule has 2 heterocycles. The van der Waals surface area contributed by atoms with Crippen LogP contribution in [0.4, 0.5) is 0 Å². The van der Waals surface area contributed by atoms with E-state index in [1.807, 2.05) is 98.4 Å². The summed E-state index contributed by atoms with van der Waals surface area (Å²) in [6.07, 6.45) is -0.0116. The third-order valence-corrected chi connectivity index (χ3v) is 8.30. The number of likely N-dealkylation sites (N-methyl/N-ethyl adjacent to an activating group) is 1. The summed E-state index contributed by atoms with van der Waals surface area (Å²) in [5.41, 5.74) is 5.35. The zero-order valence-corrected chi connectivity index (χ0v) is 24.3. The monoisotopic (exact) mass is 553 g/mol. The Morgan fingerprint density at radius 2 is 1.73 bits per heavy atom. The van der Waals surface area contributed by atoms with E-state index < -0.39 is 6.04 Å². The molecule has 0 saturated heterocycles. The number of aliphatic hydroxyl groups is 1. The fourth-order valence-electron chi connectivity index (χ4n) is 5.80. The number of ether oxygens (including phenoxy) is 1. The average Bonchev–Trinajstić information content (AvgIpc) is 3.28. The average molecular weight is 554 g/mol. The first-order valence-corrected chi connectivity index (χ1v) is 14.3. The first kappa shape index (κ1) is 28.6. The van der Waals surface area contributed by atoms with Gasteiger partial charge < -0.3 is 24.2 Å². The number of para-hydroxylation sites is 1. The Bertz CT molecular complexity index is 1530. The van der Waals surface area contributed by atoms with Crippen LogP contribution in [0, 0.1) is 5.92 Å². The summed E-state index contributed by atoms with van der Waals surface area (Å²) in [6.45, 7) is 4.87. The second-order valence-corrected chi connectivity index (χ2v) is 11.2. The number of hydrogen-bond donors (Lipinski definition) is 1. The van der Waals surface area contributed by atoms with E-state index in [0.717, 1.165) is 33.2 Å². The van der Waals surface area contributed by atoms with Crippen molar-refractivity contribution in [2.45, 2.75) is 39.0 Å². The maximum absolute atomic E-state index is 14.4. The van der Waals surface area contributed by atoms with Gasteiger partial charge in [-0.05, 0) is 29.7 Å². The Labute approximate surface area is 242 Å². The van der Waals surface area contributed by atoms with Gasteiger partial charge in [0.2, 0.25) is 5.91 Å². The highest BCUT2D eigenvalue weighted by molar-refractivity contribution is 6.10. The fourth-order valence-corrected chi connectivity index (χ4v) is 5.80. The molecule has 0 radical (unpaired) electrons. The first-order chi connectivity index (χ1) is 19.8. The molecule has 1 aliphatic heterocycles. The number of carbonyl (C=O) groups excluding carboxylic acids is 2. The maximum atomic E-state index is 14.4. The Balaban J connectivity index is 1.55. The Morgan fingerprint density at radius 1 is 1.05 bits per heavy atom. The zero-order chi connectivity index (χ0) is 29.1. The molecule has 0 spiro atoms. The highest BCUT2D eigenvalue weighted by Crippen LogP contribution is 2.38. The minimum absolute atomic E-state index is 0.0113. The highest BCUT2D eigenvalue weighted by atomic mass is 16.5. The molecule has 214 valence electrons. The molecular formula is C34H39N3O4. The number of amides is 2. The SMILES string of the molecule is C[C@H](CO)N1C[C@H](C)[C@H](CN(C)C(=O)Cc2ccccc2)OCc2ccccc2-c2c(n(C)c3ccccc23)C1=O. The number of aliphatic hydroxyl groups excluding tert-OH is 1. The van der Waals surface area contributed by atoms with Gasteiger partial charge in [-0.3, -0.25) is 9.59 Å². The summed E-state index contributed by atoms with van der Waals surface area (Å²) in [7, 11) is 3.74.